The molecule has 24 heavy (non-hydrogen) atoms. The number of rotatable bonds is 5. The van der Waals surface area contributed by atoms with Gasteiger partial charge in [0, 0.05) is 18.4 Å². The molecule has 0 aromatic carbocycles. The quantitative estimate of drug-likeness (QED) is 0.781. The molecule has 1 aliphatic carbocycles. The van der Waals surface area contributed by atoms with Crippen LogP contribution in [0.1, 0.15) is 57.4 Å². The maximum Gasteiger partial charge on any atom is 0.198 e. The van der Waals surface area contributed by atoms with Crippen molar-refractivity contribution in [3.05, 3.63) is 23.1 Å². The molecule has 1 aromatic rings. The Bertz CT molecular complexity index is 553. The first-order valence-corrected chi connectivity index (χ1v) is 9.43. The van der Waals surface area contributed by atoms with Crippen molar-refractivity contribution in [3.8, 4) is 0 Å². The van der Waals surface area contributed by atoms with E-state index < -0.39 is 5.79 Å². The van der Waals surface area contributed by atoms with Crippen LogP contribution in [0.5, 0.6) is 0 Å². The van der Waals surface area contributed by atoms with Gasteiger partial charge in [0.05, 0.1) is 19.0 Å². The fourth-order valence-electron chi connectivity index (χ4n) is 4.05. The number of hydrogen-bond acceptors (Lipinski definition) is 5. The molecule has 3 aliphatic rings. The minimum Gasteiger partial charge on any atom is -0.453 e. The second-order valence-electron chi connectivity index (χ2n) is 7.00. The first kappa shape index (κ1) is 16.9. The molecule has 4 atom stereocenters. The number of furan rings is 1. The molecule has 1 aromatic heterocycles. The highest BCUT2D eigenvalue weighted by atomic mass is 35.5. The molecule has 3 heterocycles. The van der Waals surface area contributed by atoms with E-state index in [1.54, 1.807) is 6.26 Å². The second kappa shape index (κ2) is 6.96. The van der Waals surface area contributed by atoms with E-state index in [1.165, 1.54) is 6.42 Å². The van der Waals surface area contributed by atoms with Crippen molar-refractivity contribution in [1.82, 2.24) is 0 Å². The van der Waals surface area contributed by atoms with E-state index in [2.05, 4.69) is 6.92 Å². The number of hydrogen-bond donors (Lipinski definition) is 0. The average molecular weight is 357 g/mol. The molecule has 3 fully saturated rings. The summed E-state index contributed by atoms with van der Waals surface area (Å²) in [6, 6.07) is 1.83. The third-order valence-electron chi connectivity index (χ3n) is 5.26. The zero-order valence-corrected chi connectivity index (χ0v) is 14.8. The predicted octanol–water partition coefficient (Wildman–Crippen LogP) is 4.42. The molecule has 0 N–H and O–H groups in total. The largest absolute Gasteiger partial charge is 0.453 e. The van der Waals surface area contributed by atoms with Crippen LogP contribution in [-0.4, -0.2) is 30.4 Å². The molecule has 2 saturated heterocycles. The zero-order chi connectivity index (χ0) is 16.6. The van der Waals surface area contributed by atoms with Gasteiger partial charge in [0.25, 0.3) is 0 Å². The summed E-state index contributed by atoms with van der Waals surface area (Å²) in [5.74, 6) is -0.459. The minimum absolute atomic E-state index is 0.00313. The van der Waals surface area contributed by atoms with Gasteiger partial charge in [-0.3, -0.25) is 0 Å². The van der Waals surface area contributed by atoms with Crippen molar-refractivity contribution in [2.75, 3.05) is 0 Å². The Labute approximate surface area is 147 Å². The summed E-state index contributed by atoms with van der Waals surface area (Å²) in [5.41, 5.74) is 0.849. The molecule has 0 radical (unpaired) electrons. The van der Waals surface area contributed by atoms with E-state index in [-0.39, 0.29) is 24.6 Å². The Balaban J connectivity index is 1.45. The van der Waals surface area contributed by atoms with Crippen molar-refractivity contribution < 1.29 is 23.4 Å². The Morgan fingerprint density at radius 2 is 2.08 bits per heavy atom. The van der Waals surface area contributed by atoms with E-state index >= 15 is 0 Å². The normalized spacial score (nSPS) is 34.8. The fraction of sp³-hybridized carbons (Fsp3) is 0.778. The highest BCUT2D eigenvalue weighted by Crippen LogP contribution is 2.46. The molecule has 134 valence electrons. The average Bonchev–Trinajstić information content (AvgIpc) is 3.21. The summed E-state index contributed by atoms with van der Waals surface area (Å²) in [4.78, 5) is 0. The van der Waals surface area contributed by atoms with Gasteiger partial charge in [-0.15, -0.1) is 0 Å². The van der Waals surface area contributed by atoms with Crippen LogP contribution in [-0.2, 0) is 25.6 Å². The van der Waals surface area contributed by atoms with E-state index in [4.69, 9.17) is 35.0 Å². The summed E-state index contributed by atoms with van der Waals surface area (Å²) in [6.45, 7) is 2.54. The molecule has 4 rings (SSSR count). The summed E-state index contributed by atoms with van der Waals surface area (Å²) in [5, 5.41) is 0.379. The van der Waals surface area contributed by atoms with Crippen molar-refractivity contribution in [2.24, 2.45) is 0 Å². The van der Waals surface area contributed by atoms with Gasteiger partial charge in [0.15, 0.2) is 17.3 Å². The van der Waals surface area contributed by atoms with E-state index in [9.17, 15) is 0 Å². The van der Waals surface area contributed by atoms with Crippen LogP contribution >= 0.6 is 11.6 Å². The van der Waals surface area contributed by atoms with Crippen LogP contribution in [0.4, 0.5) is 0 Å². The van der Waals surface area contributed by atoms with E-state index in [0.717, 1.165) is 44.1 Å². The molecule has 0 amide bonds. The Kier molecular flexibility index (Phi) is 4.89. The lowest BCUT2D eigenvalue weighted by Crippen LogP contribution is -2.40. The summed E-state index contributed by atoms with van der Waals surface area (Å²) in [6.07, 6.45) is 8.35. The smallest absolute Gasteiger partial charge is 0.198 e. The molecule has 2 aliphatic heterocycles. The van der Waals surface area contributed by atoms with E-state index in [1.807, 2.05) is 6.07 Å². The van der Waals surface area contributed by atoms with Crippen molar-refractivity contribution in [1.29, 1.82) is 0 Å². The van der Waals surface area contributed by atoms with Gasteiger partial charge in [-0.05, 0) is 36.9 Å². The fourth-order valence-corrected chi connectivity index (χ4v) is 4.22. The highest BCUT2D eigenvalue weighted by molar-refractivity contribution is 6.29. The number of ether oxygens (including phenoxy) is 4. The van der Waals surface area contributed by atoms with Gasteiger partial charge in [-0.25, -0.2) is 0 Å². The molecule has 5 nitrogen and oxygen atoms in total. The lowest BCUT2D eigenvalue weighted by atomic mass is 9.94. The molecule has 1 spiro atoms. The molecule has 0 bridgehead atoms. The maximum absolute atomic E-state index is 6.37. The van der Waals surface area contributed by atoms with Gasteiger partial charge >= 0.3 is 0 Å². The Hall–Kier alpha value is -0.590. The van der Waals surface area contributed by atoms with Crippen LogP contribution in [0.3, 0.4) is 0 Å². The first-order valence-electron chi connectivity index (χ1n) is 9.05. The molecule has 1 saturated carbocycles. The minimum atomic E-state index is -0.459. The second-order valence-corrected chi connectivity index (χ2v) is 7.34. The van der Waals surface area contributed by atoms with Crippen LogP contribution in [0.2, 0.25) is 5.22 Å². The summed E-state index contributed by atoms with van der Waals surface area (Å²) >= 11 is 6.02. The third kappa shape index (κ3) is 3.13. The summed E-state index contributed by atoms with van der Waals surface area (Å²) < 4.78 is 30.0. The van der Waals surface area contributed by atoms with Crippen LogP contribution in [0.15, 0.2) is 16.7 Å². The maximum atomic E-state index is 6.37. The lowest BCUT2D eigenvalue weighted by Gasteiger charge is -2.34. The van der Waals surface area contributed by atoms with Gasteiger partial charge in [0.2, 0.25) is 0 Å². The van der Waals surface area contributed by atoms with Crippen LogP contribution in [0, 0.1) is 0 Å². The van der Waals surface area contributed by atoms with Crippen LogP contribution in [0.25, 0.3) is 0 Å². The highest BCUT2D eigenvalue weighted by Gasteiger charge is 2.58. The Morgan fingerprint density at radius 1 is 1.25 bits per heavy atom. The van der Waals surface area contributed by atoms with Crippen molar-refractivity contribution in [2.45, 2.75) is 88.9 Å². The summed E-state index contributed by atoms with van der Waals surface area (Å²) in [7, 11) is 0. The SMILES string of the molecule is CCC[C@H]1O[C@@H]2OC3(CCCCC3)O[C@@H]2[C@H]1OCc1ccoc1Cl. The molecule has 0 unspecified atom stereocenters. The molecule has 6 heteroatoms. The topological polar surface area (TPSA) is 50.1 Å². The van der Waals surface area contributed by atoms with Gasteiger partial charge in [-0.1, -0.05) is 19.8 Å². The van der Waals surface area contributed by atoms with Crippen LogP contribution < -0.4 is 0 Å². The van der Waals surface area contributed by atoms with Crippen molar-refractivity contribution in [3.63, 3.8) is 0 Å². The standard InChI is InChI=1S/C18H25ClO5/c1-2-6-13-14(21-11-12-7-10-20-16(12)19)15-17(22-13)24-18(23-15)8-4-3-5-9-18/h7,10,13-15,17H,2-6,8-9,11H2,1H3/t13-,14+,15-,17-/m1/s1. The number of halogens is 1. The molecular weight excluding hydrogens is 332 g/mol. The number of fused-ring (bicyclic) bond motifs is 1. The first-order chi connectivity index (χ1) is 11.7. The van der Waals surface area contributed by atoms with E-state index in [0.29, 0.717) is 11.8 Å². The predicted molar refractivity (Wildman–Crippen MR) is 87.6 cm³/mol. The molecular formula is C18H25ClO5. The van der Waals surface area contributed by atoms with Gasteiger partial charge in [0.1, 0.15) is 12.2 Å². The zero-order valence-electron chi connectivity index (χ0n) is 14.0. The van der Waals surface area contributed by atoms with Crippen molar-refractivity contribution >= 4 is 11.6 Å². The monoisotopic (exact) mass is 356 g/mol. The third-order valence-corrected chi connectivity index (χ3v) is 5.59. The lowest BCUT2D eigenvalue weighted by molar-refractivity contribution is -0.249. The van der Waals surface area contributed by atoms with Gasteiger partial charge < -0.3 is 23.4 Å². The Morgan fingerprint density at radius 3 is 2.79 bits per heavy atom. The van der Waals surface area contributed by atoms with Gasteiger partial charge in [-0.2, -0.15) is 0 Å².